The zero-order chi connectivity index (χ0) is 79.4. The Morgan fingerprint density at radius 3 is 0.496 bits per heavy atom. The molecule has 121 heavy (non-hydrogen) atoms. The fraction of sp³-hybridized carbons (Fsp3) is 0.00885. The predicted molar refractivity (Wildman–Crippen MR) is 505 cm³/mol. The van der Waals surface area contributed by atoms with Crippen LogP contribution in [0.1, 0.15) is 22.3 Å². The Kier molecular flexibility index (Phi) is 15.2. The topological polar surface area (TPSA) is 25.9 Å². The molecule has 566 valence electrons. The van der Waals surface area contributed by atoms with Crippen LogP contribution >= 0.6 is 0 Å². The van der Waals surface area contributed by atoms with Gasteiger partial charge < -0.3 is 39.2 Å². The third-order valence-corrected chi connectivity index (χ3v) is 25.5. The SMILES string of the molecule is c1ccc2c(c1)-c1ccccc1C2(c1cc(N2c3ccccc3N(c3ccc4ccccc4c3)c3ccccc32)cc(N2c3ccccc3N(c3ccc4ccccc4c3)c3ccccc32)c1)c1cc(N2c3ccccc3N(c3ccc4ccccc4c3)c3ccccc32)cc(N2c3ccccc3N(c3ccc4ccccc4c3)c3ccccc32)c1. The normalized spacial score (nSPS) is 13.7. The number of hydrogen-bond acceptors (Lipinski definition) is 8. The summed E-state index contributed by atoms with van der Waals surface area (Å²) in [5.41, 5.74) is 31.0. The van der Waals surface area contributed by atoms with Crippen LogP contribution < -0.4 is 39.2 Å². The first kappa shape index (κ1) is 68.1. The summed E-state index contributed by atoms with van der Waals surface area (Å²) in [6, 6.07) is 168. The number of nitrogens with zero attached hydrogens (tertiary/aromatic N) is 8. The Morgan fingerprint density at radius 1 is 0.124 bits per heavy atom. The van der Waals surface area contributed by atoms with E-state index >= 15 is 0 Å². The molecule has 1 aliphatic carbocycles. The van der Waals surface area contributed by atoms with Gasteiger partial charge in [0.15, 0.2) is 0 Å². The van der Waals surface area contributed by atoms with E-state index in [0.717, 1.165) is 148 Å². The van der Waals surface area contributed by atoms with E-state index < -0.39 is 5.41 Å². The second-order valence-electron chi connectivity index (χ2n) is 32.0. The van der Waals surface area contributed by atoms with Crippen molar-refractivity contribution >= 4 is 180 Å². The average molecular weight is 1540 g/mol. The second-order valence-corrected chi connectivity index (χ2v) is 32.0. The summed E-state index contributed by atoms with van der Waals surface area (Å²) in [6.45, 7) is 0. The van der Waals surface area contributed by atoms with E-state index in [9.17, 15) is 0 Å². The molecule has 20 aromatic rings. The Bertz CT molecular complexity index is 6640. The summed E-state index contributed by atoms with van der Waals surface area (Å²) in [5.74, 6) is 0. The molecule has 0 amide bonds. The van der Waals surface area contributed by atoms with Gasteiger partial charge in [-0.25, -0.2) is 0 Å². The van der Waals surface area contributed by atoms with Crippen LogP contribution in [0.5, 0.6) is 0 Å². The molecule has 0 unspecified atom stereocenters. The van der Waals surface area contributed by atoms with Crippen molar-refractivity contribution < 1.29 is 0 Å². The lowest BCUT2D eigenvalue weighted by molar-refractivity contribution is 0.768. The highest BCUT2D eigenvalue weighted by atomic mass is 15.3. The molecule has 0 fully saturated rings. The van der Waals surface area contributed by atoms with Gasteiger partial charge in [0, 0.05) is 45.5 Å². The third-order valence-electron chi connectivity index (χ3n) is 25.5. The number of fused-ring (bicyclic) bond motifs is 15. The standard InChI is InChI=1S/C113H74N8/c1-5-33-79-65-85(61-57-75(79)29-1)114-97-41-13-21-49-105(97)118(106-50-22-14-42-98(106)114)89-69-83(70-90(73-89)119-107-51-23-15-43-99(107)115(100-44-16-24-52-108(100)119)86-62-58-76-30-2-6-34-80(76)66-86)113(95-39-11-9-37-93(95)94-38-10-12-40-96(94)113)84-71-91(120-109-53-25-17-45-101(109)116(102-46-18-26-54-110(102)120)87-63-59-77-31-3-7-35-81(77)67-87)74-92(72-84)121-111-55-27-19-47-103(111)117(104-48-20-28-56-112(104)121)88-64-60-78-32-4-8-36-82(78)68-88/h1-74H. The van der Waals surface area contributed by atoms with Crippen LogP contribution in [-0.4, -0.2) is 0 Å². The fourth-order valence-corrected chi connectivity index (χ4v) is 20.4. The fourth-order valence-electron chi connectivity index (χ4n) is 20.4. The van der Waals surface area contributed by atoms with Crippen molar-refractivity contribution in [2.75, 3.05) is 39.2 Å². The highest BCUT2D eigenvalue weighted by molar-refractivity contribution is 6.10. The lowest BCUT2D eigenvalue weighted by Gasteiger charge is -2.44. The van der Waals surface area contributed by atoms with Crippen LogP contribution in [0.4, 0.5) is 136 Å². The molecule has 0 atom stereocenters. The molecule has 0 aromatic heterocycles. The van der Waals surface area contributed by atoms with Gasteiger partial charge in [0.2, 0.25) is 0 Å². The highest BCUT2D eigenvalue weighted by Gasteiger charge is 2.49. The predicted octanol–water partition coefficient (Wildman–Crippen LogP) is 31.7. The Labute approximate surface area is 701 Å². The number of para-hydroxylation sites is 16. The smallest absolute Gasteiger partial charge is 0.0716 e. The molecule has 0 bridgehead atoms. The molecule has 0 radical (unpaired) electrons. The van der Waals surface area contributed by atoms with E-state index in [1.165, 1.54) is 65.3 Å². The maximum atomic E-state index is 2.55. The summed E-state index contributed by atoms with van der Waals surface area (Å²) in [4.78, 5) is 20.0. The van der Waals surface area contributed by atoms with Crippen LogP contribution in [0.2, 0.25) is 0 Å². The largest absolute Gasteiger partial charge is 0.306 e. The molecule has 4 aliphatic heterocycles. The van der Waals surface area contributed by atoms with Crippen LogP contribution in [-0.2, 0) is 5.41 Å². The first-order valence-electron chi connectivity index (χ1n) is 41.6. The first-order valence-corrected chi connectivity index (χ1v) is 41.6. The molecular weight excluding hydrogens is 1470 g/mol. The highest BCUT2D eigenvalue weighted by Crippen LogP contribution is 2.65. The van der Waals surface area contributed by atoms with Gasteiger partial charge in [-0.15, -0.1) is 0 Å². The first-order chi connectivity index (χ1) is 60.0. The average Bonchev–Trinajstić information content (AvgIpc) is 1.53. The lowest BCUT2D eigenvalue weighted by Crippen LogP contribution is -2.31. The molecule has 0 saturated carbocycles. The van der Waals surface area contributed by atoms with Crippen LogP contribution in [0.25, 0.3) is 54.2 Å². The van der Waals surface area contributed by atoms with Crippen molar-refractivity contribution in [3.8, 4) is 11.1 Å². The van der Waals surface area contributed by atoms with Crippen molar-refractivity contribution in [2.45, 2.75) is 5.41 Å². The van der Waals surface area contributed by atoms with Gasteiger partial charge >= 0.3 is 0 Å². The van der Waals surface area contributed by atoms with E-state index in [1.54, 1.807) is 0 Å². The molecule has 5 aliphatic rings. The number of hydrogen-bond donors (Lipinski definition) is 0. The van der Waals surface area contributed by atoms with Crippen LogP contribution in [0.3, 0.4) is 0 Å². The summed E-state index contributed by atoms with van der Waals surface area (Å²) >= 11 is 0. The van der Waals surface area contributed by atoms with Crippen LogP contribution in [0, 0.1) is 0 Å². The van der Waals surface area contributed by atoms with Crippen molar-refractivity contribution in [3.05, 3.63) is 471 Å². The molecule has 4 heterocycles. The molecule has 0 N–H and O–H groups in total. The minimum absolute atomic E-state index is 0.996. The maximum Gasteiger partial charge on any atom is 0.0716 e. The molecule has 0 saturated heterocycles. The monoisotopic (exact) mass is 1540 g/mol. The van der Waals surface area contributed by atoms with Crippen molar-refractivity contribution in [1.29, 1.82) is 0 Å². The summed E-state index contributed by atoms with van der Waals surface area (Å²) in [6.07, 6.45) is 0. The molecule has 0 spiro atoms. The Hall–Kier alpha value is -16.2. The van der Waals surface area contributed by atoms with E-state index in [0.29, 0.717) is 0 Å². The molecule has 8 heteroatoms. The Balaban J connectivity index is 0.790. The number of benzene rings is 20. The van der Waals surface area contributed by atoms with Crippen LogP contribution in [0.15, 0.2) is 449 Å². The van der Waals surface area contributed by atoms with Gasteiger partial charge in [0.1, 0.15) is 0 Å². The summed E-state index contributed by atoms with van der Waals surface area (Å²) in [7, 11) is 0. The lowest BCUT2D eigenvalue weighted by atomic mass is 9.67. The van der Waals surface area contributed by atoms with Gasteiger partial charge in [-0.2, -0.15) is 0 Å². The van der Waals surface area contributed by atoms with Gasteiger partial charge in [-0.05, 0) is 258 Å². The zero-order valence-corrected chi connectivity index (χ0v) is 65.8. The number of anilines is 24. The quantitative estimate of drug-likeness (QED) is 0.134. The molecular formula is C113H74N8. The Morgan fingerprint density at radius 2 is 0.289 bits per heavy atom. The van der Waals surface area contributed by atoms with Crippen molar-refractivity contribution in [1.82, 2.24) is 0 Å². The maximum absolute atomic E-state index is 2.55. The zero-order valence-electron chi connectivity index (χ0n) is 65.8. The third kappa shape index (κ3) is 10.4. The van der Waals surface area contributed by atoms with E-state index in [2.05, 4.69) is 488 Å². The van der Waals surface area contributed by atoms with E-state index in [1.807, 2.05) is 0 Å². The van der Waals surface area contributed by atoms with Gasteiger partial charge in [0.05, 0.1) is 96.4 Å². The molecule has 8 nitrogen and oxygen atoms in total. The van der Waals surface area contributed by atoms with Gasteiger partial charge in [0.25, 0.3) is 0 Å². The molecule has 20 aromatic carbocycles. The summed E-state index contributed by atoms with van der Waals surface area (Å²) < 4.78 is 0. The summed E-state index contributed by atoms with van der Waals surface area (Å²) in [5, 5.41) is 9.50. The second kappa shape index (κ2) is 27.0. The van der Waals surface area contributed by atoms with Crippen molar-refractivity contribution in [3.63, 3.8) is 0 Å². The van der Waals surface area contributed by atoms with E-state index in [-0.39, 0.29) is 0 Å². The van der Waals surface area contributed by atoms with Gasteiger partial charge in [-0.1, -0.05) is 267 Å². The minimum atomic E-state index is -1.08. The van der Waals surface area contributed by atoms with Gasteiger partial charge in [-0.3, -0.25) is 0 Å². The van der Waals surface area contributed by atoms with Crippen molar-refractivity contribution in [2.24, 2.45) is 0 Å². The number of rotatable bonds is 10. The molecule has 25 rings (SSSR count). The minimum Gasteiger partial charge on any atom is -0.306 e. The van der Waals surface area contributed by atoms with E-state index in [4.69, 9.17) is 0 Å².